The van der Waals surface area contributed by atoms with Gasteiger partial charge in [-0.3, -0.25) is 4.79 Å². The van der Waals surface area contributed by atoms with Crippen LogP contribution in [0.15, 0.2) is 45.6 Å². The van der Waals surface area contributed by atoms with E-state index >= 15 is 0 Å². The molecule has 136 valence electrons. The summed E-state index contributed by atoms with van der Waals surface area (Å²) in [4.78, 5) is 30.2. The minimum atomic E-state index is -0.742. The molecule has 0 radical (unpaired) electrons. The number of thiazole rings is 1. The minimum absolute atomic E-state index is 0.0202. The molecular formula is C20H15NO5S. The highest BCUT2D eigenvalue weighted by Gasteiger charge is 2.26. The number of hydrogen-bond acceptors (Lipinski definition) is 7. The number of aryl methyl sites for hydroxylation is 1. The first kappa shape index (κ1) is 17.2. The predicted molar refractivity (Wildman–Crippen MR) is 103 cm³/mol. The van der Waals surface area contributed by atoms with Crippen molar-refractivity contribution >= 4 is 38.5 Å². The van der Waals surface area contributed by atoms with Gasteiger partial charge in [0.2, 0.25) is 11.2 Å². The van der Waals surface area contributed by atoms with E-state index in [1.165, 1.54) is 23.5 Å². The van der Waals surface area contributed by atoms with Crippen molar-refractivity contribution < 1.29 is 19.1 Å². The van der Waals surface area contributed by atoms with Crippen LogP contribution in [0.1, 0.15) is 23.0 Å². The first-order chi connectivity index (χ1) is 13.0. The molecule has 2 aromatic carbocycles. The van der Waals surface area contributed by atoms with E-state index in [1.807, 2.05) is 24.3 Å². The molecule has 4 aromatic rings. The van der Waals surface area contributed by atoms with Crippen LogP contribution in [0.5, 0.6) is 5.75 Å². The quantitative estimate of drug-likeness (QED) is 0.533. The first-order valence-electron chi connectivity index (χ1n) is 8.33. The molecule has 4 rings (SSSR count). The molecule has 0 saturated carbocycles. The van der Waals surface area contributed by atoms with Gasteiger partial charge in [-0.1, -0.05) is 12.1 Å². The maximum atomic E-state index is 13.2. The lowest BCUT2D eigenvalue weighted by molar-refractivity contribution is 0.0492. The fourth-order valence-corrected chi connectivity index (χ4v) is 3.90. The van der Waals surface area contributed by atoms with E-state index in [0.717, 1.165) is 10.2 Å². The largest absolute Gasteiger partial charge is 0.508 e. The van der Waals surface area contributed by atoms with Crippen LogP contribution in [0.25, 0.3) is 31.8 Å². The number of para-hydroxylation sites is 1. The van der Waals surface area contributed by atoms with Gasteiger partial charge in [0.1, 0.15) is 21.9 Å². The Labute approximate surface area is 157 Å². The van der Waals surface area contributed by atoms with E-state index < -0.39 is 5.97 Å². The van der Waals surface area contributed by atoms with Crippen molar-refractivity contribution in [2.24, 2.45) is 0 Å². The number of rotatable bonds is 3. The summed E-state index contributed by atoms with van der Waals surface area (Å²) >= 11 is 1.30. The van der Waals surface area contributed by atoms with Crippen LogP contribution in [0.2, 0.25) is 0 Å². The third-order valence-corrected chi connectivity index (χ3v) is 5.30. The second-order valence-electron chi connectivity index (χ2n) is 5.93. The Hall–Kier alpha value is -3.19. The summed E-state index contributed by atoms with van der Waals surface area (Å²) in [7, 11) is 0. The van der Waals surface area contributed by atoms with Crippen molar-refractivity contribution in [1.82, 2.24) is 4.98 Å². The number of benzene rings is 2. The topological polar surface area (TPSA) is 89.6 Å². The summed E-state index contributed by atoms with van der Waals surface area (Å²) in [6, 6.07) is 10.4. The van der Waals surface area contributed by atoms with Crippen molar-refractivity contribution in [2.75, 3.05) is 6.61 Å². The molecule has 0 saturated heterocycles. The molecule has 1 N–H and O–H groups in total. The highest BCUT2D eigenvalue weighted by Crippen LogP contribution is 2.34. The molecule has 27 heavy (non-hydrogen) atoms. The van der Waals surface area contributed by atoms with Gasteiger partial charge < -0.3 is 14.3 Å². The maximum Gasteiger partial charge on any atom is 0.375 e. The van der Waals surface area contributed by atoms with Crippen LogP contribution < -0.4 is 5.43 Å². The lowest BCUT2D eigenvalue weighted by Crippen LogP contribution is -2.15. The van der Waals surface area contributed by atoms with E-state index in [1.54, 1.807) is 13.8 Å². The standard InChI is InChI=1S/C20H15NO5S/c1-3-25-20(24)18-15(19-21-12-6-4-5-7-14(12)27-19)16(23)11-8-9-13(22)10(2)17(11)26-18/h4-9,22H,3H2,1-2H3. The highest BCUT2D eigenvalue weighted by molar-refractivity contribution is 7.21. The lowest BCUT2D eigenvalue weighted by Gasteiger charge is -2.09. The molecule has 0 atom stereocenters. The summed E-state index contributed by atoms with van der Waals surface area (Å²) in [5.74, 6) is -0.969. The van der Waals surface area contributed by atoms with Gasteiger partial charge in [-0.05, 0) is 38.1 Å². The van der Waals surface area contributed by atoms with Gasteiger partial charge >= 0.3 is 5.97 Å². The zero-order valence-corrected chi connectivity index (χ0v) is 15.4. The van der Waals surface area contributed by atoms with Gasteiger partial charge in [0, 0.05) is 5.56 Å². The molecule has 2 aromatic heterocycles. The summed E-state index contributed by atoms with van der Waals surface area (Å²) in [6.07, 6.45) is 0. The molecule has 0 aliphatic rings. The average molecular weight is 381 g/mol. The number of carbonyl (C=O) groups excluding carboxylic acids is 1. The smallest absolute Gasteiger partial charge is 0.375 e. The fourth-order valence-electron chi connectivity index (χ4n) is 2.90. The van der Waals surface area contributed by atoms with Crippen LogP contribution in [-0.2, 0) is 4.74 Å². The van der Waals surface area contributed by atoms with Crippen LogP contribution in [0.3, 0.4) is 0 Å². The molecule has 0 unspecified atom stereocenters. The van der Waals surface area contributed by atoms with E-state index in [4.69, 9.17) is 9.15 Å². The average Bonchev–Trinajstić information content (AvgIpc) is 3.08. The van der Waals surface area contributed by atoms with E-state index in [9.17, 15) is 14.7 Å². The maximum absolute atomic E-state index is 13.2. The third-order valence-electron chi connectivity index (χ3n) is 4.25. The van der Waals surface area contributed by atoms with Gasteiger partial charge in [-0.15, -0.1) is 11.3 Å². The van der Waals surface area contributed by atoms with Crippen molar-refractivity contribution in [1.29, 1.82) is 0 Å². The van der Waals surface area contributed by atoms with Crippen molar-refractivity contribution in [2.45, 2.75) is 13.8 Å². The number of nitrogens with zero attached hydrogens (tertiary/aromatic N) is 1. The minimum Gasteiger partial charge on any atom is -0.508 e. The lowest BCUT2D eigenvalue weighted by atomic mass is 10.1. The Bertz CT molecular complexity index is 1220. The molecule has 0 bridgehead atoms. The first-order valence-corrected chi connectivity index (χ1v) is 9.15. The SMILES string of the molecule is CCOC(=O)c1oc2c(C)c(O)ccc2c(=O)c1-c1nc2ccccc2s1. The van der Waals surface area contributed by atoms with Gasteiger partial charge in [0.05, 0.1) is 22.2 Å². The third kappa shape index (κ3) is 2.76. The molecule has 6 nitrogen and oxygen atoms in total. The second-order valence-corrected chi connectivity index (χ2v) is 6.96. The fraction of sp³-hybridized carbons (Fsp3) is 0.150. The van der Waals surface area contributed by atoms with Crippen molar-refractivity contribution in [3.05, 3.63) is 57.9 Å². The van der Waals surface area contributed by atoms with Crippen LogP contribution in [0.4, 0.5) is 0 Å². The number of aromatic hydroxyl groups is 1. The summed E-state index contributed by atoms with van der Waals surface area (Å²) in [5.41, 5.74) is 0.960. The number of hydrogen-bond donors (Lipinski definition) is 1. The zero-order chi connectivity index (χ0) is 19.1. The number of esters is 1. The summed E-state index contributed by atoms with van der Waals surface area (Å²) in [5, 5.41) is 10.6. The van der Waals surface area contributed by atoms with Gasteiger partial charge in [-0.2, -0.15) is 0 Å². The van der Waals surface area contributed by atoms with E-state index in [2.05, 4.69) is 4.98 Å². The predicted octanol–water partition coefficient (Wildman–Crippen LogP) is 4.26. The number of phenols is 1. The number of ether oxygens (including phenoxy) is 1. The number of phenolic OH excluding ortho intramolecular Hbond substituents is 1. The Kier molecular flexibility index (Phi) is 4.16. The van der Waals surface area contributed by atoms with Gasteiger partial charge in [0.25, 0.3) is 0 Å². The Morgan fingerprint density at radius 1 is 1.26 bits per heavy atom. The van der Waals surface area contributed by atoms with Crippen LogP contribution >= 0.6 is 11.3 Å². The molecule has 7 heteroatoms. The highest BCUT2D eigenvalue weighted by atomic mass is 32.1. The monoisotopic (exact) mass is 381 g/mol. The number of aromatic nitrogens is 1. The normalized spacial score (nSPS) is 11.2. The van der Waals surface area contributed by atoms with E-state index in [0.29, 0.717) is 10.6 Å². The van der Waals surface area contributed by atoms with Crippen LogP contribution in [-0.4, -0.2) is 22.7 Å². The number of fused-ring (bicyclic) bond motifs is 2. The Morgan fingerprint density at radius 2 is 2.04 bits per heavy atom. The molecule has 0 amide bonds. The molecule has 0 spiro atoms. The molecular weight excluding hydrogens is 366 g/mol. The second kappa shape index (κ2) is 6.51. The number of carbonyl (C=O) groups is 1. The molecule has 0 fully saturated rings. The molecule has 2 heterocycles. The van der Waals surface area contributed by atoms with Crippen molar-refractivity contribution in [3.63, 3.8) is 0 Å². The van der Waals surface area contributed by atoms with Crippen molar-refractivity contribution in [3.8, 4) is 16.3 Å². The Balaban J connectivity index is 2.09. The van der Waals surface area contributed by atoms with Gasteiger partial charge in [-0.25, -0.2) is 9.78 Å². The summed E-state index contributed by atoms with van der Waals surface area (Å²) < 4.78 is 11.8. The van der Waals surface area contributed by atoms with Crippen LogP contribution in [0, 0.1) is 6.92 Å². The molecule has 0 aliphatic carbocycles. The zero-order valence-electron chi connectivity index (χ0n) is 14.6. The Morgan fingerprint density at radius 3 is 2.78 bits per heavy atom. The summed E-state index contributed by atoms with van der Waals surface area (Å²) in [6.45, 7) is 3.43. The van der Waals surface area contributed by atoms with Gasteiger partial charge in [0.15, 0.2) is 0 Å². The van der Waals surface area contributed by atoms with E-state index in [-0.39, 0.29) is 40.1 Å². The molecule has 0 aliphatic heterocycles.